The molecule has 1 aliphatic rings. The molecule has 0 spiro atoms. The Bertz CT molecular complexity index is 579. The molecule has 0 saturated carbocycles. The van der Waals surface area contributed by atoms with Crippen molar-refractivity contribution in [2.24, 2.45) is 0 Å². The van der Waals surface area contributed by atoms with Crippen molar-refractivity contribution in [1.82, 2.24) is 20.2 Å². The van der Waals surface area contributed by atoms with Gasteiger partial charge in [-0.15, -0.1) is 6.58 Å². The van der Waals surface area contributed by atoms with Crippen LogP contribution in [0.2, 0.25) is 0 Å². The van der Waals surface area contributed by atoms with Crippen LogP contribution in [0.3, 0.4) is 0 Å². The van der Waals surface area contributed by atoms with E-state index in [-0.39, 0.29) is 12.1 Å². The van der Waals surface area contributed by atoms with Crippen molar-refractivity contribution in [1.29, 1.82) is 0 Å². The number of anilines is 1. The number of nitrogens with one attached hydrogen (secondary N) is 1. The van der Waals surface area contributed by atoms with Crippen LogP contribution in [0.5, 0.6) is 0 Å². The van der Waals surface area contributed by atoms with Gasteiger partial charge in [-0.05, 0) is 19.8 Å². The van der Waals surface area contributed by atoms with Gasteiger partial charge >= 0.3 is 6.03 Å². The number of aryl methyl sites for hydroxylation is 1. The number of carbonyl (C=O) groups is 1. The molecule has 132 valence electrons. The Morgan fingerprint density at radius 3 is 2.71 bits per heavy atom. The van der Waals surface area contributed by atoms with Gasteiger partial charge in [-0.25, -0.2) is 14.8 Å². The van der Waals surface area contributed by atoms with Gasteiger partial charge in [-0.1, -0.05) is 19.9 Å². The highest BCUT2D eigenvalue weighted by atomic mass is 16.2. The number of carbonyl (C=O) groups excluding carboxylic acids is 1. The van der Waals surface area contributed by atoms with E-state index in [1.54, 1.807) is 6.08 Å². The molecule has 0 radical (unpaired) electrons. The largest absolute Gasteiger partial charge is 0.356 e. The fourth-order valence-corrected chi connectivity index (χ4v) is 2.93. The smallest absolute Gasteiger partial charge is 0.317 e. The zero-order valence-electron chi connectivity index (χ0n) is 15.2. The van der Waals surface area contributed by atoms with Gasteiger partial charge in [0.1, 0.15) is 11.6 Å². The standard InChI is InChI=1S/C18H29N5O/c1-6-9-19-18(24)22(5)15-7-10-23(11-8-15)16-12-14(4)20-17(21-16)13(2)3/h6,12-13,15H,1,7-11H2,2-5H3,(H,19,24). The summed E-state index contributed by atoms with van der Waals surface area (Å²) in [5, 5.41) is 2.83. The van der Waals surface area contributed by atoms with E-state index in [1.807, 2.05) is 24.9 Å². The molecule has 1 aliphatic heterocycles. The second-order valence-electron chi connectivity index (χ2n) is 6.68. The number of aromatic nitrogens is 2. The first-order valence-corrected chi connectivity index (χ1v) is 8.64. The minimum Gasteiger partial charge on any atom is -0.356 e. The maximum absolute atomic E-state index is 12.0. The van der Waals surface area contributed by atoms with Crippen molar-refractivity contribution >= 4 is 11.8 Å². The molecule has 24 heavy (non-hydrogen) atoms. The number of piperidine rings is 1. The van der Waals surface area contributed by atoms with Crippen molar-refractivity contribution < 1.29 is 4.79 Å². The second-order valence-corrected chi connectivity index (χ2v) is 6.68. The van der Waals surface area contributed by atoms with Gasteiger partial charge < -0.3 is 15.1 Å². The average Bonchev–Trinajstić information content (AvgIpc) is 2.58. The van der Waals surface area contributed by atoms with E-state index >= 15 is 0 Å². The van der Waals surface area contributed by atoms with Gasteiger partial charge in [-0.3, -0.25) is 0 Å². The first kappa shape index (κ1) is 18.2. The van der Waals surface area contributed by atoms with Gasteiger partial charge in [0.25, 0.3) is 0 Å². The third kappa shape index (κ3) is 4.46. The highest BCUT2D eigenvalue weighted by Crippen LogP contribution is 2.22. The quantitative estimate of drug-likeness (QED) is 0.843. The molecule has 6 heteroatoms. The average molecular weight is 331 g/mol. The van der Waals surface area contributed by atoms with Gasteiger partial charge in [0, 0.05) is 50.4 Å². The summed E-state index contributed by atoms with van der Waals surface area (Å²) < 4.78 is 0. The van der Waals surface area contributed by atoms with Crippen LogP contribution < -0.4 is 10.2 Å². The number of nitrogens with zero attached hydrogens (tertiary/aromatic N) is 4. The third-order valence-electron chi connectivity index (χ3n) is 4.43. The summed E-state index contributed by atoms with van der Waals surface area (Å²) in [6.07, 6.45) is 3.58. The minimum atomic E-state index is -0.0340. The highest BCUT2D eigenvalue weighted by molar-refractivity contribution is 5.74. The lowest BCUT2D eigenvalue weighted by atomic mass is 10.0. The minimum absolute atomic E-state index is 0.0340. The van der Waals surface area contributed by atoms with E-state index < -0.39 is 0 Å². The zero-order chi connectivity index (χ0) is 17.7. The predicted octanol–water partition coefficient (Wildman–Crippen LogP) is 2.70. The summed E-state index contributed by atoms with van der Waals surface area (Å²) >= 11 is 0. The van der Waals surface area contributed by atoms with Crippen LogP contribution in [0, 0.1) is 6.92 Å². The number of urea groups is 1. The molecule has 0 unspecified atom stereocenters. The summed E-state index contributed by atoms with van der Waals surface area (Å²) in [6.45, 7) is 12.2. The molecule has 0 bridgehead atoms. The van der Waals surface area contributed by atoms with Crippen LogP contribution in [0.1, 0.15) is 44.1 Å². The monoisotopic (exact) mass is 331 g/mol. The molecule has 2 amide bonds. The molecular formula is C18H29N5O. The van der Waals surface area contributed by atoms with Crippen LogP contribution in [0.4, 0.5) is 10.6 Å². The molecule has 0 aliphatic carbocycles. The Kier molecular flexibility index (Phi) is 6.17. The Labute approximate surface area is 145 Å². The maximum atomic E-state index is 12.0. The topological polar surface area (TPSA) is 61.4 Å². The summed E-state index contributed by atoms with van der Waals surface area (Å²) in [5.74, 6) is 2.22. The molecule has 2 rings (SSSR count). The fraction of sp³-hybridized carbons (Fsp3) is 0.611. The lowest BCUT2D eigenvalue weighted by Gasteiger charge is -2.37. The molecule has 0 atom stereocenters. The fourth-order valence-electron chi connectivity index (χ4n) is 2.93. The van der Waals surface area contributed by atoms with Crippen LogP contribution >= 0.6 is 0 Å². The first-order chi connectivity index (χ1) is 11.4. The van der Waals surface area contributed by atoms with Crippen LogP contribution in [0.25, 0.3) is 0 Å². The van der Waals surface area contributed by atoms with Crippen molar-refractivity contribution in [2.75, 3.05) is 31.6 Å². The molecule has 1 saturated heterocycles. The summed E-state index contributed by atoms with van der Waals surface area (Å²) in [6, 6.07) is 2.28. The number of amides is 2. The maximum Gasteiger partial charge on any atom is 0.317 e. The second kappa shape index (κ2) is 8.13. The normalized spacial score (nSPS) is 15.5. The van der Waals surface area contributed by atoms with E-state index in [4.69, 9.17) is 4.98 Å². The molecule has 0 aromatic carbocycles. The predicted molar refractivity (Wildman–Crippen MR) is 97.5 cm³/mol. The lowest BCUT2D eigenvalue weighted by molar-refractivity contribution is 0.181. The highest BCUT2D eigenvalue weighted by Gasteiger charge is 2.26. The molecule has 1 fully saturated rings. The number of hydrogen-bond acceptors (Lipinski definition) is 4. The van der Waals surface area contributed by atoms with Crippen molar-refractivity contribution in [3.8, 4) is 0 Å². The van der Waals surface area contributed by atoms with E-state index in [1.165, 1.54) is 0 Å². The third-order valence-corrected chi connectivity index (χ3v) is 4.43. The summed E-state index contributed by atoms with van der Waals surface area (Å²) in [4.78, 5) is 25.4. The van der Waals surface area contributed by atoms with Gasteiger partial charge in [0.15, 0.2) is 0 Å². The van der Waals surface area contributed by atoms with E-state index in [2.05, 4.69) is 35.6 Å². The van der Waals surface area contributed by atoms with Gasteiger partial charge in [-0.2, -0.15) is 0 Å². The van der Waals surface area contributed by atoms with Crippen LogP contribution in [0.15, 0.2) is 18.7 Å². The van der Waals surface area contributed by atoms with E-state index in [0.717, 1.165) is 43.3 Å². The Morgan fingerprint density at radius 2 is 2.12 bits per heavy atom. The zero-order valence-corrected chi connectivity index (χ0v) is 15.2. The molecule has 1 aromatic heterocycles. The molecule has 2 heterocycles. The van der Waals surface area contributed by atoms with E-state index in [0.29, 0.717) is 12.5 Å². The van der Waals surface area contributed by atoms with Crippen LogP contribution in [-0.2, 0) is 0 Å². The Hall–Kier alpha value is -2.11. The molecule has 1 aromatic rings. The van der Waals surface area contributed by atoms with E-state index in [9.17, 15) is 4.79 Å². The van der Waals surface area contributed by atoms with Gasteiger partial charge in [0.2, 0.25) is 0 Å². The SMILES string of the molecule is C=CCNC(=O)N(C)C1CCN(c2cc(C)nc(C(C)C)n2)CC1. The van der Waals surface area contributed by atoms with Gasteiger partial charge in [0.05, 0.1) is 0 Å². The molecular weight excluding hydrogens is 302 g/mol. The van der Waals surface area contributed by atoms with Crippen molar-refractivity contribution in [3.05, 3.63) is 30.2 Å². The van der Waals surface area contributed by atoms with Crippen LogP contribution in [-0.4, -0.2) is 53.6 Å². The van der Waals surface area contributed by atoms with Crippen molar-refractivity contribution in [3.63, 3.8) is 0 Å². The van der Waals surface area contributed by atoms with Crippen molar-refractivity contribution in [2.45, 2.75) is 45.6 Å². The molecule has 1 N–H and O–H groups in total. The summed E-state index contributed by atoms with van der Waals surface area (Å²) in [5.41, 5.74) is 1.01. The Balaban J connectivity index is 1.97. The lowest BCUT2D eigenvalue weighted by Crippen LogP contribution is -2.49. The molecule has 6 nitrogen and oxygen atoms in total. The first-order valence-electron chi connectivity index (χ1n) is 8.64. The Morgan fingerprint density at radius 1 is 1.46 bits per heavy atom. The summed E-state index contributed by atoms with van der Waals surface area (Å²) in [7, 11) is 1.87. The number of rotatable bonds is 5. The number of hydrogen-bond donors (Lipinski definition) is 1.